The molecule has 37 heavy (non-hydrogen) atoms. The number of nitrogens with zero attached hydrogens (tertiary/aromatic N) is 5. The van der Waals surface area contributed by atoms with Crippen molar-refractivity contribution in [2.75, 3.05) is 0 Å². The van der Waals surface area contributed by atoms with Crippen molar-refractivity contribution < 1.29 is 0 Å². The molecule has 7 rings (SSSR count). The van der Waals surface area contributed by atoms with E-state index in [-0.39, 0.29) is 11.1 Å². The molecular weight excluding hydrogens is 504 g/mol. The molecule has 1 atom stereocenters. The Bertz CT molecular complexity index is 1940. The third-order valence-corrected chi connectivity index (χ3v) is 9.05. The zero-order valence-corrected chi connectivity index (χ0v) is 21.6. The van der Waals surface area contributed by atoms with Crippen LogP contribution in [-0.4, -0.2) is 29.1 Å². The lowest BCUT2D eigenvalue weighted by molar-refractivity contribution is 0.509. The maximum Gasteiger partial charge on any atom is 0.267 e. The fourth-order valence-corrected chi connectivity index (χ4v) is 7.39. The largest absolute Gasteiger partial charge is 0.309 e. The van der Waals surface area contributed by atoms with Gasteiger partial charge >= 0.3 is 0 Å². The van der Waals surface area contributed by atoms with Gasteiger partial charge in [-0.1, -0.05) is 49.0 Å². The van der Waals surface area contributed by atoms with Crippen molar-refractivity contribution in [3.05, 3.63) is 91.6 Å². The van der Waals surface area contributed by atoms with Crippen LogP contribution in [0.2, 0.25) is 0 Å². The van der Waals surface area contributed by atoms with Crippen molar-refractivity contribution in [1.82, 2.24) is 29.1 Å². The van der Waals surface area contributed by atoms with E-state index in [9.17, 15) is 9.59 Å². The van der Waals surface area contributed by atoms with Crippen LogP contribution in [0.4, 0.5) is 0 Å². The van der Waals surface area contributed by atoms with E-state index >= 15 is 0 Å². The summed E-state index contributed by atoms with van der Waals surface area (Å²) in [5.41, 5.74) is 2.42. The van der Waals surface area contributed by atoms with Crippen molar-refractivity contribution in [3.63, 3.8) is 0 Å². The Morgan fingerprint density at radius 1 is 1.08 bits per heavy atom. The molecule has 8 nitrogen and oxygen atoms in total. The molecule has 10 heteroatoms. The van der Waals surface area contributed by atoms with E-state index in [4.69, 9.17) is 4.98 Å². The monoisotopic (exact) mass is 526 g/mol. The highest BCUT2D eigenvalue weighted by Gasteiger charge is 2.23. The van der Waals surface area contributed by atoms with Gasteiger partial charge in [-0.3, -0.25) is 14.0 Å². The van der Waals surface area contributed by atoms with Crippen molar-refractivity contribution in [1.29, 1.82) is 0 Å². The predicted molar refractivity (Wildman–Crippen MR) is 147 cm³/mol. The molecule has 0 saturated heterocycles. The summed E-state index contributed by atoms with van der Waals surface area (Å²) < 4.78 is 3.49. The number of thioether (sulfide) groups is 1. The third kappa shape index (κ3) is 3.62. The van der Waals surface area contributed by atoms with Crippen LogP contribution in [0.5, 0.6) is 0 Å². The highest BCUT2D eigenvalue weighted by molar-refractivity contribution is 7.98. The zero-order valence-electron chi connectivity index (χ0n) is 20.0. The Hall–Kier alpha value is -3.76. The molecule has 1 aliphatic carbocycles. The number of hydrogen-bond acceptors (Lipinski definition) is 7. The van der Waals surface area contributed by atoms with E-state index in [1.165, 1.54) is 22.2 Å². The molecule has 6 aromatic rings. The number of fused-ring (bicyclic) bond motifs is 6. The van der Waals surface area contributed by atoms with Gasteiger partial charge in [0, 0.05) is 4.88 Å². The Morgan fingerprint density at radius 3 is 2.76 bits per heavy atom. The van der Waals surface area contributed by atoms with Crippen LogP contribution in [0, 0.1) is 5.92 Å². The van der Waals surface area contributed by atoms with Gasteiger partial charge in [0.05, 0.1) is 27.7 Å². The topological polar surface area (TPSA) is 97.9 Å². The number of aromatic amines is 1. The highest BCUT2D eigenvalue weighted by atomic mass is 32.2. The molecule has 184 valence electrons. The molecule has 0 aliphatic heterocycles. The van der Waals surface area contributed by atoms with Gasteiger partial charge in [-0.05, 0) is 55.0 Å². The smallest absolute Gasteiger partial charge is 0.267 e. The zero-order chi connectivity index (χ0) is 25.1. The van der Waals surface area contributed by atoms with Crippen molar-refractivity contribution in [2.24, 2.45) is 5.92 Å². The molecule has 0 saturated carbocycles. The summed E-state index contributed by atoms with van der Waals surface area (Å²) >= 11 is 3.08. The van der Waals surface area contributed by atoms with Gasteiger partial charge in [-0.15, -0.1) is 21.5 Å². The molecule has 1 aliphatic rings. The van der Waals surface area contributed by atoms with E-state index < -0.39 is 0 Å². The second kappa shape index (κ2) is 8.67. The summed E-state index contributed by atoms with van der Waals surface area (Å²) in [4.78, 5) is 36.4. The van der Waals surface area contributed by atoms with Crippen molar-refractivity contribution in [2.45, 2.75) is 37.1 Å². The van der Waals surface area contributed by atoms with E-state index in [0.717, 1.165) is 40.7 Å². The molecule has 0 fully saturated rings. The summed E-state index contributed by atoms with van der Waals surface area (Å²) in [5, 5.41) is 10.8. The summed E-state index contributed by atoms with van der Waals surface area (Å²) in [6, 6.07) is 16.9. The molecule has 1 N–H and O–H groups in total. The normalized spacial score (nSPS) is 15.5. The lowest BCUT2D eigenvalue weighted by Crippen LogP contribution is -2.21. The van der Waals surface area contributed by atoms with Crippen LogP contribution in [-0.2, 0) is 18.6 Å². The number of thiophene rings is 1. The van der Waals surface area contributed by atoms with Gasteiger partial charge in [0.25, 0.3) is 11.1 Å². The number of nitrogens with one attached hydrogen (secondary N) is 1. The molecule has 2 aromatic carbocycles. The number of para-hydroxylation sites is 2. The van der Waals surface area contributed by atoms with Crippen molar-refractivity contribution in [3.8, 4) is 5.69 Å². The lowest BCUT2D eigenvalue weighted by atomic mass is 9.89. The lowest BCUT2D eigenvalue weighted by Gasteiger charge is -2.17. The summed E-state index contributed by atoms with van der Waals surface area (Å²) in [6.45, 7) is 2.26. The van der Waals surface area contributed by atoms with Crippen LogP contribution in [0.15, 0.2) is 69.3 Å². The van der Waals surface area contributed by atoms with E-state index in [0.29, 0.717) is 33.8 Å². The van der Waals surface area contributed by atoms with Crippen molar-refractivity contribution >= 4 is 50.0 Å². The molecule has 0 unspecified atom stereocenters. The average molecular weight is 527 g/mol. The maximum absolute atomic E-state index is 13.4. The Morgan fingerprint density at radius 2 is 1.89 bits per heavy atom. The van der Waals surface area contributed by atoms with Gasteiger partial charge in [0.1, 0.15) is 10.7 Å². The predicted octanol–water partition coefficient (Wildman–Crippen LogP) is 4.75. The number of aromatic nitrogens is 6. The first-order valence-corrected chi connectivity index (χ1v) is 14.0. The van der Waals surface area contributed by atoms with Gasteiger partial charge in [0.2, 0.25) is 5.78 Å². The Kier molecular flexibility index (Phi) is 5.26. The second-order valence-electron chi connectivity index (χ2n) is 9.44. The fraction of sp³-hybridized carbons (Fsp3) is 0.222. The Labute approximate surface area is 219 Å². The SMILES string of the molecule is C[C@@H]1CCc2c(sc3nc(CSc4nnc5n(-c6ccccc6)c(=O)c6ccccc6n45)[nH]c(=O)c23)C1. The first-order valence-electron chi connectivity index (χ1n) is 12.2. The highest BCUT2D eigenvalue weighted by Crippen LogP contribution is 2.36. The van der Waals surface area contributed by atoms with Gasteiger partial charge in [-0.2, -0.15) is 0 Å². The minimum atomic E-state index is -0.148. The molecule has 0 bridgehead atoms. The Balaban J connectivity index is 1.32. The van der Waals surface area contributed by atoms with Gasteiger partial charge in [-0.25, -0.2) is 9.55 Å². The van der Waals surface area contributed by atoms with Crippen LogP contribution < -0.4 is 11.1 Å². The first-order chi connectivity index (χ1) is 18.1. The number of benzene rings is 2. The van der Waals surface area contributed by atoms with E-state index in [1.807, 2.05) is 59.0 Å². The molecule has 0 spiro atoms. The van der Waals surface area contributed by atoms with Gasteiger partial charge in [0.15, 0.2) is 5.16 Å². The molecular formula is C27H22N6O2S2. The minimum Gasteiger partial charge on any atom is -0.309 e. The van der Waals surface area contributed by atoms with E-state index in [1.54, 1.807) is 15.9 Å². The van der Waals surface area contributed by atoms with Crippen LogP contribution in [0.1, 0.15) is 29.6 Å². The van der Waals surface area contributed by atoms with Crippen LogP contribution >= 0.6 is 23.1 Å². The van der Waals surface area contributed by atoms with Crippen LogP contribution in [0.3, 0.4) is 0 Å². The minimum absolute atomic E-state index is 0.0675. The summed E-state index contributed by atoms with van der Waals surface area (Å²) in [5.74, 6) is 2.10. The fourth-order valence-electron chi connectivity index (χ4n) is 5.18. The quantitative estimate of drug-likeness (QED) is 0.333. The number of aryl methyl sites for hydroxylation is 1. The molecule has 4 aromatic heterocycles. The third-order valence-electron chi connectivity index (χ3n) is 6.96. The second-order valence-corrected chi connectivity index (χ2v) is 11.5. The average Bonchev–Trinajstić information content (AvgIpc) is 3.49. The molecule has 0 amide bonds. The number of rotatable bonds is 4. The standard InChI is InChI=1S/C27H22N6O2S2/c1-15-11-12-18-20(13-15)37-24-22(18)23(34)28-21(29-24)14-36-27-31-30-26-32(16-7-3-2-4-8-16)25(35)17-9-5-6-10-19(17)33(26)27/h2-10,15H,11-14H2,1H3,(H,28,29,34)/t15-/m1/s1. The van der Waals surface area contributed by atoms with Crippen LogP contribution in [0.25, 0.3) is 32.6 Å². The van der Waals surface area contributed by atoms with Gasteiger partial charge < -0.3 is 4.98 Å². The molecule has 4 heterocycles. The maximum atomic E-state index is 13.4. The number of H-pyrrole nitrogens is 1. The van der Waals surface area contributed by atoms with E-state index in [2.05, 4.69) is 22.1 Å². The summed E-state index contributed by atoms with van der Waals surface area (Å²) in [6.07, 6.45) is 3.07. The summed E-state index contributed by atoms with van der Waals surface area (Å²) in [7, 11) is 0. The number of hydrogen-bond donors (Lipinski definition) is 1. The molecule has 0 radical (unpaired) electrons. The first kappa shape index (κ1) is 22.4.